The van der Waals surface area contributed by atoms with Gasteiger partial charge in [-0.25, -0.2) is 0 Å². The van der Waals surface area contributed by atoms with Gasteiger partial charge in [-0.3, -0.25) is 4.57 Å². The topological polar surface area (TPSA) is 62.8 Å². The van der Waals surface area contributed by atoms with Crippen LogP contribution in [0.2, 0.25) is 5.02 Å². The summed E-state index contributed by atoms with van der Waals surface area (Å²) in [4.78, 5) is 1.61. The molecule has 0 amide bonds. The molecule has 1 fully saturated rings. The van der Waals surface area contributed by atoms with Crippen molar-refractivity contribution in [1.82, 2.24) is 14.8 Å². The van der Waals surface area contributed by atoms with E-state index in [4.69, 9.17) is 11.6 Å². The van der Waals surface area contributed by atoms with Gasteiger partial charge in [-0.05, 0) is 43.5 Å². The molecule has 1 saturated heterocycles. The second kappa shape index (κ2) is 8.85. The minimum Gasteiger partial charge on any atom is -0.358 e. The Morgan fingerprint density at radius 2 is 1.88 bits per heavy atom. The maximum Gasteiger partial charge on any atom is 0.196 e. The van der Waals surface area contributed by atoms with E-state index >= 15 is 0 Å². The SMILES string of the molecule is [NH3+]CCCSc1nnc(C[NH+]2CCCCC2)n1-c1ccc(Cl)cc1. The number of halogens is 1. The third kappa shape index (κ3) is 4.51. The zero-order valence-electron chi connectivity index (χ0n) is 14.0. The van der Waals surface area contributed by atoms with Crippen LogP contribution in [0.15, 0.2) is 29.4 Å². The molecule has 1 aromatic carbocycles. The van der Waals surface area contributed by atoms with Crippen LogP contribution in [-0.4, -0.2) is 40.2 Å². The van der Waals surface area contributed by atoms with Gasteiger partial charge in [0.2, 0.25) is 0 Å². The van der Waals surface area contributed by atoms with E-state index in [1.807, 2.05) is 24.3 Å². The maximum absolute atomic E-state index is 6.05. The molecule has 4 N–H and O–H groups in total. The van der Waals surface area contributed by atoms with Gasteiger partial charge >= 0.3 is 0 Å². The van der Waals surface area contributed by atoms with Crippen molar-refractivity contribution in [3.05, 3.63) is 35.1 Å². The van der Waals surface area contributed by atoms with Crippen LogP contribution < -0.4 is 10.6 Å². The zero-order chi connectivity index (χ0) is 16.8. The monoisotopic (exact) mass is 367 g/mol. The number of quaternary nitrogens is 2. The van der Waals surface area contributed by atoms with Crippen LogP contribution in [0.25, 0.3) is 5.69 Å². The molecule has 130 valence electrons. The zero-order valence-corrected chi connectivity index (χ0v) is 15.6. The molecular weight excluding hydrogens is 342 g/mol. The van der Waals surface area contributed by atoms with E-state index < -0.39 is 0 Å². The molecular formula is C17H26ClN5S+2. The summed E-state index contributed by atoms with van der Waals surface area (Å²) in [5.74, 6) is 2.07. The van der Waals surface area contributed by atoms with Crippen molar-refractivity contribution < 1.29 is 10.6 Å². The van der Waals surface area contributed by atoms with Crippen LogP contribution >= 0.6 is 23.4 Å². The number of thioether (sulfide) groups is 1. The Labute approximate surface area is 152 Å². The summed E-state index contributed by atoms with van der Waals surface area (Å²) in [6, 6.07) is 7.95. The molecule has 0 atom stereocenters. The Hall–Kier alpha value is -1.08. The predicted molar refractivity (Wildman–Crippen MR) is 97.7 cm³/mol. The highest BCUT2D eigenvalue weighted by Crippen LogP contribution is 2.23. The quantitative estimate of drug-likeness (QED) is 0.571. The van der Waals surface area contributed by atoms with Crippen molar-refractivity contribution in [2.45, 2.75) is 37.4 Å². The number of benzene rings is 1. The lowest BCUT2D eigenvalue weighted by Gasteiger charge is -2.23. The van der Waals surface area contributed by atoms with Crippen molar-refractivity contribution in [3.63, 3.8) is 0 Å². The molecule has 24 heavy (non-hydrogen) atoms. The fourth-order valence-corrected chi connectivity index (χ4v) is 4.17. The standard InChI is InChI=1S/C17H24ClN5S/c18-14-5-7-15(8-6-14)23-16(13-22-10-2-1-3-11-22)20-21-17(23)24-12-4-9-19/h5-8H,1-4,9-13,19H2/p+2. The summed E-state index contributed by atoms with van der Waals surface area (Å²) in [5.41, 5.74) is 5.01. The van der Waals surface area contributed by atoms with Gasteiger partial charge in [0.1, 0.15) is 6.54 Å². The number of likely N-dealkylation sites (tertiary alicyclic amines) is 1. The molecule has 0 spiro atoms. The van der Waals surface area contributed by atoms with E-state index in [-0.39, 0.29) is 0 Å². The molecule has 3 rings (SSSR count). The van der Waals surface area contributed by atoms with E-state index in [1.54, 1.807) is 16.7 Å². The Kier molecular flexibility index (Phi) is 6.54. The van der Waals surface area contributed by atoms with E-state index in [0.717, 1.165) is 47.0 Å². The van der Waals surface area contributed by atoms with Gasteiger partial charge in [0.25, 0.3) is 0 Å². The molecule has 5 nitrogen and oxygen atoms in total. The molecule has 2 heterocycles. The Balaban J connectivity index is 1.85. The van der Waals surface area contributed by atoms with Gasteiger partial charge in [-0.1, -0.05) is 23.4 Å². The normalized spacial score (nSPS) is 15.8. The first-order chi connectivity index (χ1) is 11.8. The molecule has 2 aromatic rings. The molecule has 0 radical (unpaired) electrons. The minimum absolute atomic E-state index is 0.751. The van der Waals surface area contributed by atoms with Crippen molar-refractivity contribution in [3.8, 4) is 5.69 Å². The average Bonchev–Trinajstić information content (AvgIpc) is 2.99. The summed E-state index contributed by atoms with van der Waals surface area (Å²) in [6.07, 6.45) is 5.08. The second-order valence-corrected chi connectivity index (χ2v) is 7.75. The van der Waals surface area contributed by atoms with E-state index in [2.05, 4.69) is 20.5 Å². The van der Waals surface area contributed by atoms with Crippen LogP contribution in [0.3, 0.4) is 0 Å². The largest absolute Gasteiger partial charge is 0.358 e. The van der Waals surface area contributed by atoms with E-state index in [1.165, 1.54) is 32.4 Å². The Morgan fingerprint density at radius 1 is 1.12 bits per heavy atom. The first kappa shape index (κ1) is 17.7. The van der Waals surface area contributed by atoms with Crippen LogP contribution in [0.1, 0.15) is 31.5 Å². The van der Waals surface area contributed by atoms with Crippen LogP contribution in [0.5, 0.6) is 0 Å². The molecule has 1 aromatic heterocycles. The van der Waals surface area contributed by atoms with Gasteiger partial charge in [0.05, 0.1) is 19.6 Å². The number of nitrogens with zero attached hydrogens (tertiary/aromatic N) is 3. The number of hydrogen-bond donors (Lipinski definition) is 2. The van der Waals surface area contributed by atoms with Crippen molar-refractivity contribution >= 4 is 23.4 Å². The first-order valence-electron chi connectivity index (χ1n) is 8.74. The number of nitrogens with one attached hydrogen (secondary N) is 1. The smallest absolute Gasteiger partial charge is 0.196 e. The maximum atomic E-state index is 6.05. The minimum atomic E-state index is 0.751. The van der Waals surface area contributed by atoms with E-state index in [9.17, 15) is 0 Å². The third-order valence-corrected chi connectivity index (χ3v) is 5.65. The molecule has 0 unspecified atom stereocenters. The van der Waals surface area contributed by atoms with Gasteiger partial charge in [0, 0.05) is 22.9 Å². The summed E-state index contributed by atoms with van der Waals surface area (Å²) in [5, 5.41) is 10.7. The molecule has 0 bridgehead atoms. The fraction of sp³-hybridized carbons (Fsp3) is 0.529. The first-order valence-corrected chi connectivity index (χ1v) is 10.1. The fourth-order valence-electron chi connectivity index (χ4n) is 3.08. The lowest BCUT2D eigenvalue weighted by Crippen LogP contribution is -3.11. The molecule has 1 aliphatic rings. The van der Waals surface area contributed by atoms with Crippen LogP contribution in [0.4, 0.5) is 0 Å². The van der Waals surface area contributed by atoms with Gasteiger partial charge in [-0.15, -0.1) is 10.2 Å². The lowest BCUT2D eigenvalue weighted by atomic mass is 10.1. The van der Waals surface area contributed by atoms with Crippen molar-refractivity contribution in [1.29, 1.82) is 0 Å². The number of hydrogen-bond acceptors (Lipinski definition) is 3. The highest BCUT2D eigenvalue weighted by molar-refractivity contribution is 7.99. The highest BCUT2D eigenvalue weighted by atomic mass is 35.5. The summed E-state index contributed by atoms with van der Waals surface area (Å²) in [6.45, 7) is 4.35. The number of piperidine rings is 1. The number of rotatable bonds is 7. The summed E-state index contributed by atoms with van der Waals surface area (Å²) in [7, 11) is 0. The highest BCUT2D eigenvalue weighted by Gasteiger charge is 2.21. The Morgan fingerprint density at radius 3 is 2.58 bits per heavy atom. The molecule has 7 heteroatoms. The lowest BCUT2D eigenvalue weighted by molar-refractivity contribution is -0.919. The summed E-state index contributed by atoms with van der Waals surface area (Å²) < 4.78 is 2.20. The van der Waals surface area contributed by atoms with Crippen molar-refractivity contribution in [2.75, 3.05) is 25.4 Å². The van der Waals surface area contributed by atoms with Crippen molar-refractivity contribution in [2.24, 2.45) is 0 Å². The molecule has 1 aliphatic heterocycles. The van der Waals surface area contributed by atoms with Gasteiger partial charge in [-0.2, -0.15) is 0 Å². The molecule has 0 saturated carbocycles. The predicted octanol–water partition coefficient (Wildman–Crippen LogP) is 1.21. The Bertz CT molecular complexity index is 637. The molecule has 0 aliphatic carbocycles. The van der Waals surface area contributed by atoms with E-state index in [0.29, 0.717) is 0 Å². The second-order valence-electron chi connectivity index (χ2n) is 6.25. The third-order valence-electron chi connectivity index (χ3n) is 4.38. The van der Waals surface area contributed by atoms with Crippen LogP contribution in [0, 0.1) is 0 Å². The van der Waals surface area contributed by atoms with Crippen LogP contribution in [-0.2, 0) is 6.54 Å². The average molecular weight is 368 g/mol. The van der Waals surface area contributed by atoms with Gasteiger partial charge in [0.15, 0.2) is 11.0 Å². The summed E-state index contributed by atoms with van der Waals surface area (Å²) >= 11 is 7.81. The number of aromatic nitrogens is 3. The van der Waals surface area contributed by atoms with Gasteiger partial charge < -0.3 is 10.6 Å².